The SMILES string of the molecule is Cc1ccc(N2C(=O)C(O)=C(C(=O)CCc3ccccc3)C2c2cccnc2)cc1Cl. The lowest BCUT2D eigenvalue weighted by Crippen LogP contribution is -2.31. The minimum atomic E-state index is -0.775. The standard InChI is InChI=1S/C25H21ClN2O3/c1-16-9-11-19(14-20(16)26)28-23(18-8-5-13-27-15-18)22(24(30)25(28)31)21(29)12-10-17-6-3-2-4-7-17/h2-9,11,13-15,23,30H,10,12H2,1H3. The number of aryl methyl sites for hydroxylation is 2. The first-order valence-corrected chi connectivity index (χ1v) is 10.3. The first-order chi connectivity index (χ1) is 15.0. The van der Waals surface area contributed by atoms with Gasteiger partial charge >= 0.3 is 0 Å². The number of carbonyl (C=O) groups is 2. The van der Waals surface area contributed by atoms with Gasteiger partial charge in [-0.1, -0.05) is 54.1 Å². The molecule has 156 valence electrons. The van der Waals surface area contributed by atoms with E-state index in [1.54, 1.807) is 42.7 Å². The number of carbonyl (C=O) groups excluding carboxylic acids is 2. The minimum absolute atomic E-state index is 0.0885. The highest BCUT2D eigenvalue weighted by atomic mass is 35.5. The summed E-state index contributed by atoms with van der Waals surface area (Å²) in [6, 6.07) is 17.6. The summed E-state index contributed by atoms with van der Waals surface area (Å²) < 4.78 is 0. The van der Waals surface area contributed by atoms with Gasteiger partial charge in [-0.3, -0.25) is 19.5 Å². The van der Waals surface area contributed by atoms with E-state index in [0.29, 0.717) is 22.7 Å². The van der Waals surface area contributed by atoms with Crippen molar-refractivity contribution in [1.82, 2.24) is 4.98 Å². The van der Waals surface area contributed by atoms with Crippen molar-refractivity contribution in [2.45, 2.75) is 25.8 Å². The van der Waals surface area contributed by atoms with Crippen LogP contribution in [-0.2, 0) is 16.0 Å². The summed E-state index contributed by atoms with van der Waals surface area (Å²) in [5.74, 6) is -1.43. The van der Waals surface area contributed by atoms with E-state index in [-0.39, 0.29) is 17.8 Å². The molecule has 0 fully saturated rings. The molecule has 1 amide bonds. The number of anilines is 1. The highest BCUT2D eigenvalue weighted by Crippen LogP contribution is 2.42. The fourth-order valence-electron chi connectivity index (χ4n) is 3.78. The van der Waals surface area contributed by atoms with Crippen LogP contribution < -0.4 is 4.90 Å². The van der Waals surface area contributed by atoms with Gasteiger partial charge in [0.15, 0.2) is 11.5 Å². The molecule has 1 unspecified atom stereocenters. The smallest absolute Gasteiger partial charge is 0.294 e. The molecule has 4 rings (SSSR count). The predicted octanol–water partition coefficient (Wildman–Crippen LogP) is 5.15. The second-order valence-electron chi connectivity index (χ2n) is 7.47. The maximum absolute atomic E-state index is 13.2. The van der Waals surface area contributed by atoms with Crippen molar-refractivity contribution in [2.24, 2.45) is 0 Å². The molecule has 6 heteroatoms. The van der Waals surface area contributed by atoms with Gasteiger partial charge in [-0.15, -0.1) is 0 Å². The number of hydrogen-bond donors (Lipinski definition) is 1. The summed E-state index contributed by atoms with van der Waals surface area (Å²) in [4.78, 5) is 31.8. The lowest BCUT2D eigenvalue weighted by molar-refractivity contribution is -0.118. The van der Waals surface area contributed by atoms with Crippen molar-refractivity contribution >= 4 is 29.0 Å². The van der Waals surface area contributed by atoms with Gasteiger partial charge in [0.1, 0.15) is 0 Å². The Morgan fingerprint density at radius 2 is 1.90 bits per heavy atom. The number of halogens is 1. The Balaban J connectivity index is 1.72. The van der Waals surface area contributed by atoms with E-state index in [2.05, 4.69) is 4.98 Å². The average molecular weight is 433 g/mol. The number of hydrogen-bond acceptors (Lipinski definition) is 4. The molecule has 0 saturated heterocycles. The van der Waals surface area contributed by atoms with Crippen LogP contribution in [-0.4, -0.2) is 21.8 Å². The van der Waals surface area contributed by atoms with Gasteiger partial charge in [-0.2, -0.15) is 0 Å². The van der Waals surface area contributed by atoms with E-state index in [1.807, 2.05) is 37.3 Å². The molecule has 0 saturated carbocycles. The normalized spacial score (nSPS) is 16.1. The number of benzene rings is 2. The molecule has 0 radical (unpaired) electrons. The van der Waals surface area contributed by atoms with Crippen molar-refractivity contribution in [1.29, 1.82) is 0 Å². The molecule has 0 bridgehead atoms. The highest BCUT2D eigenvalue weighted by molar-refractivity contribution is 6.31. The molecule has 5 nitrogen and oxygen atoms in total. The van der Waals surface area contributed by atoms with E-state index in [9.17, 15) is 14.7 Å². The van der Waals surface area contributed by atoms with Crippen molar-refractivity contribution in [2.75, 3.05) is 4.90 Å². The Morgan fingerprint density at radius 1 is 1.13 bits per heavy atom. The Hall–Kier alpha value is -3.44. The maximum atomic E-state index is 13.2. The number of aliphatic hydroxyl groups is 1. The molecule has 2 heterocycles. The molecule has 1 atom stereocenters. The number of aromatic nitrogens is 1. The van der Waals surface area contributed by atoms with Gasteiger partial charge in [0.05, 0.1) is 11.6 Å². The molecule has 1 aliphatic rings. The summed E-state index contributed by atoms with van der Waals surface area (Å²) in [6.07, 6.45) is 3.91. The van der Waals surface area contributed by atoms with Gasteiger partial charge in [0.2, 0.25) is 0 Å². The molecule has 3 aromatic rings. The van der Waals surface area contributed by atoms with Crippen LogP contribution in [0.4, 0.5) is 5.69 Å². The summed E-state index contributed by atoms with van der Waals surface area (Å²) in [5.41, 5.74) is 3.11. The zero-order valence-corrected chi connectivity index (χ0v) is 17.7. The molecule has 2 aromatic carbocycles. The van der Waals surface area contributed by atoms with Crippen LogP contribution in [0.15, 0.2) is 84.4 Å². The van der Waals surface area contributed by atoms with Crippen LogP contribution in [0.5, 0.6) is 0 Å². The molecule has 0 aliphatic carbocycles. The number of aliphatic hydroxyl groups excluding tert-OH is 1. The third-order valence-corrected chi connectivity index (χ3v) is 5.83. The zero-order valence-electron chi connectivity index (χ0n) is 17.0. The van der Waals surface area contributed by atoms with Crippen molar-refractivity contribution in [3.63, 3.8) is 0 Å². The predicted molar refractivity (Wildman–Crippen MR) is 120 cm³/mol. The maximum Gasteiger partial charge on any atom is 0.294 e. The summed E-state index contributed by atoms with van der Waals surface area (Å²) >= 11 is 6.29. The summed E-state index contributed by atoms with van der Waals surface area (Å²) in [5, 5.41) is 11.2. The van der Waals surface area contributed by atoms with Gasteiger partial charge in [0, 0.05) is 29.5 Å². The lowest BCUT2D eigenvalue weighted by atomic mass is 9.94. The second-order valence-corrected chi connectivity index (χ2v) is 7.88. The van der Waals surface area contributed by atoms with Crippen molar-refractivity contribution < 1.29 is 14.7 Å². The number of ketones is 1. The Bertz CT molecular complexity index is 1160. The van der Waals surface area contributed by atoms with E-state index in [0.717, 1.165) is 11.1 Å². The van der Waals surface area contributed by atoms with Gasteiger partial charge in [0.25, 0.3) is 5.91 Å². The second kappa shape index (κ2) is 8.74. The van der Waals surface area contributed by atoms with E-state index >= 15 is 0 Å². The van der Waals surface area contributed by atoms with Crippen LogP contribution in [0, 0.1) is 6.92 Å². The van der Waals surface area contributed by atoms with Crippen molar-refractivity contribution in [3.05, 3.63) is 106 Å². The number of nitrogens with zero attached hydrogens (tertiary/aromatic N) is 2. The molecule has 1 aliphatic heterocycles. The zero-order chi connectivity index (χ0) is 22.0. The van der Waals surface area contributed by atoms with Crippen LogP contribution in [0.3, 0.4) is 0 Å². The third kappa shape index (κ3) is 4.09. The van der Waals surface area contributed by atoms with E-state index in [1.165, 1.54) is 4.90 Å². The topological polar surface area (TPSA) is 70.5 Å². The third-order valence-electron chi connectivity index (χ3n) is 5.43. The summed E-state index contributed by atoms with van der Waals surface area (Å²) in [7, 11) is 0. The molecule has 1 N–H and O–H groups in total. The quantitative estimate of drug-likeness (QED) is 0.585. The first kappa shape index (κ1) is 20.8. The minimum Gasteiger partial charge on any atom is -0.503 e. The Kier molecular flexibility index (Phi) is 5.87. The number of rotatable bonds is 6. The molecular weight excluding hydrogens is 412 g/mol. The first-order valence-electron chi connectivity index (χ1n) is 9.97. The fourth-order valence-corrected chi connectivity index (χ4v) is 3.95. The Labute approximate surface area is 185 Å². The van der Waals surface area contributed by atoms with Crippen LogP contribution in [0.2, 0.25) is 5.02 Å². The Morgan fingerprint density at radius 3 is 2.58 bits per heavy atom. The number of pyridine rings is 1. The molecule has 0 spiro atoms. The van der Waals surface area contributed by atoms with Crippen LogP contribution in [0.1, 0.15) is 29.2 Å². The van der Waals surface area contributed by atoms with Crippen LogP contribution >= 0.6 is 11.6 Å². The molecule has 31 heavy (non-hydrogen) atoms. The molecule has 1 aromatic heterocycles. The summed E-state index contributed by atoms with van der Waals surface area (Å²) in [6.45, 7) is 1.87. The number of amides is 1. The van der Waals surface area contributed by atoms with Gasteiger partial charge in [-0.05, 0) is 48.2 Å². The number of Topliss-reactive ketones (excluding diaryl/α,β-unsaturated/α-hetero) is 1. The average Bonchev–Trinajstić information content (AvgIpc) is 3.06. The van der Waals surface area contributed by atoms with Gasteiger partial charge < -0.3 is 5.11 Å². The molecular formula is C25H21ClN2O3. The van der Waals surface area contributed by atoms with E-state index in [4.69, 9.17) is 11.6 Å². The van der Waals surface area contributed by atoms with Crippen molar-refractivity contribution in [3.8, 4) is 0 Å². The van der Waals surface area contributed by atoms with E-state index < -0.39 is 17.7 Å². The fraction of sp³-hybridized carbons (Fsp3) is 0.160. The van der Waals surface area contributed by atoms with Gasteiger partial charge in [-0.25, -0.2) is 0 Å². The van der Waals surface area contributed by atoms with Crippen LogP contribution in [0.25, 0.3) is 0 Å². The highest BCUT2D eigenvalue weighted by Gasteiger charge is 2.44. The lowest BCUT2D eigenvalue weighted by Gasteiger charge is -2.27. The monoisotopic (exact) mass is 432 g/mol. The largest absolute Gasteiger partial charge is 0.503 e.